The van der Waals surface area contributed by atoms with Crippen LogP contribution in [-0.4, -0.2) is 25.5 Å². The van der Waals surface area contributed by atoms with Crippen LogP contribution in [0.3, 0.4) is 0 Å². The second-order valence-electron chi connectivity index (χ2n) is 7.50. The number of hydrogen-bond donors (Lipinski definition) is 0. The zero-order valence-electron chi connectivity index (χ0n) is 17.1. The minimum atomic E-state index is -1.14. The quantitative estimate of drug-likeness (QED) is 0.577. The molecule has 160 valence electrons. The smallest absolute Gasteiger partial charge is 0.282 e. The molecule has 7 heteroatoms. The van der Waals surface area contributed by atoms with Gasteiger partial charge in [-0.15, -0.1) is 0 Å². The highest BCUT2D eigenvalue weighted by atomic mass is 19.2. The van der Waals surface area contributed by atoms with Crippen LogP contribution in [0.2, 0.25) is 0 Å². The zero-order chi connectivity index (χ0) is 22.4. The summed E-state index contributed by atoms with van der Waals surface area (Å²) in [5.41, 5.74) is 2.67. The number of nitrogens with zero attached hydrogens (tertiary/aromatic N) is 2. The molecule has 0 radical (unpaired) electrons. The molecular weight excluding hydrogens is 414 g/mol. The summed E-state index contributed by atoms with van der Waals surface area (Å²) in [5.74, 6) is -2.98. The number of rotatable bonds is 4. The molecule has 3 aromatic rings. The van der Waals surface area contributed by atoms with Crippen molar-refractivity contribution < 1.29 is 23.1 Å². The number of carbonyl (C=O) groups is 2. The number of para-hydroxylation sites is 2. The maximum atomic E-state index is 14.0. The third-order valence-corrected chi connectivity index (χ3v) is 5.75. The Morgan fingerprint density at radius 3 is 2.41 bits per heavy atom. The first-order valence-electron chi connectivity index (χ1n) is 10.1. The number of halogens is 2. The van der Waals surface area contributed by atoms with Gasteiger partial charge >= 0.3 is 0 Å². The van der Waals surface area contributed by atoms with E-state index >= 15 is 0 Å². The van der Waals surface area contributed by atoms with Gasteiger partial charge in [0, 0.05) is 23.9 Å². The normalized spacial score (nSPS) is 15.6. The van der Waals surface area contributed by atoms with Crippen molar-refractivity contribution in [3.8, 4) is 5.75 Å². The van der Waals surface area contributed by atoms with Gasteiger partial charge in [-0.1, -0.05) is 36.4 Å². The van der Waals surface area contributed by atoms with E-state index in [0.29, 0.717) is 24.3 Å². The predicted octanol–water partition coefficient (Wildman–Crippen LogP) is 4.32. The van der Waals surface area contributed by atoms with Crippen molar-refractivity contribution in [1.29, 1.82) is 0 Å². The van der Waals surface area contributed by atoms with Gasteiger partial charge in [-0.25, -0.2) is 13.7 Å². The fraction of sp³-hybridized carbons (Fsp3) is 0.120. The van der Waals surface area contributed by atoms with E-state index in [-0.39, 0.29) is 17.0 Å². The van der Waals surface area contributed by atoms with E-state index in [1.54, 1.807) is 24.3 Å². The molecule has 2 heterocycles. The van der Waals surface area contributed by atoms with Crippen LogP contribution >= 0.6 is 0 Å². The fourth-order valence-electron chi connectivity index (χ4n) is 4.29. The second kappa shape index (κ2) is 7.60. The lowest BCUT2D eigenvalue weighted by atomic mass is 10.0. The number of methoxy groups -OCH3 is 1. The minimum absolute atomic E-state index is 0.0335. The number of hydrogen-bond acceptors (Lipinski definition) is 4. The summed E-state index contributed by atoms with van der Waals surface area (Å²) in [7, 11) is 1.48. The fourth-order valence-corrected chi connectivity index (χ4v) is 4.29. The average Bonchev–Trinajstić information content (AvgIpc) is 3.33. The molecule has 3 aromatic carbocycles. The van der Waals surface area contributed by atoms with Crippen LogP contribution in [0.15, 0.2) is 72.4 Å². The zero-order valence-corrected chi connectivity index (χ0v) is 17.1. The number of carbonyl (C=O) groups excluding carboxylic acids is 2. The summed E-state index contributed by atoms with van der Waals surface area (Å²) in [4.78, 5) is 30.0. The maximum absolute atomic E-state index is 14.0. The molecule has 2 aliphatic heterocycles. The van der Waals surface area contributed by atoms with Gasteiger partial charge in [0.15, 0.2) is 11.6 Å². The highest BCUT2D eigenvalue weighted by Crippen LogP contribution is 2.42. The summed E-state index contributed by atoms with van der Waals surface area (Å²) >= 11 is 0. The van der Waals surface area contributed by atoms with Gasteiger partial charge in [0.2, 0.25) is 0 Å². The molecule has 0 saturated heterocycles. The Balaban J connectivity index is 1.72. The third-order valence-electron chi connectivity index (χ3n) is 5.75. The number of benzene rings is 3. The van der Waals surface area contributed by atoms with Crippen LogP contribution in [0.25, 0.3) is 5.57 Å². The lowest BCUT2D eigenvalue weighted by Crippen LogP contribution is -2.35. The Bertz CT molecular complexity index is 1300. The van der Waals surface area contributed by atoms with Gasteiger partial charge in [-0.05, 0) is 36.2 Å². The number of ether oxygens (including phenoxy) is 1. The van der Waals surface area contributed by atoms with Gasteiger partial charge in [-0.2, -0.15) is 0 Å². The molecule has 0 aromatic heterocycles. The molecular formula is C25H18F2N2O3. The second-order valence-corrected chi connectivity index (χ2v) is 7.50. The standard InChI is InChI=1S/C25H18F2N2O3/c1-32-21-9-5-3-7-17(21)22-23(28-13-12-15-6-2-4-8-20(15)28)25(31)29(24(22)30)16-10-11-18(26)19(27)14-16/h2-11,14H,12-13H2,1H3. The van der Waals surface area contributed by atoms with Gasteiger partial charge < -0.3 is 9.64 Å². The average molecular weight is 432 g/mol. The number of imide groups is 1. The lowest BCUT2D eigenvalue weighted by molar-refractivity contribution is -0.120. The summed E-state index contributed by atoms with van der Waals surface area (Å²) in [6, 6.07) is 17.6. The Kier molecular flexibility index (Phi) is 4.74. The first kappa shape index (κ1) is 19.9. The molecule has 2 amide bonds. The highest BCUT2D eigenvalue weighted by Gasteiger charge is 2.45. The van der Waals surface area contributed by atoms with E-state index in [4.69, 9.17) is 4.74 Å². The summed E-state index contributed by atoms with van der Waals surface area (Å²) in [6.45, 7) is 0.512. The number of anilines is 2. The molecule has 5 rings (SSSR count). The first-order chi connectivity index (χ1) is 15.5. The summed E-state index contributed by atoms with van der Waals surface area (Å²) < 4.78 is 32.9. The van der Waals surface area contributed by atoms with E-state index in [1.165, 1.54) is 13.2 Å². The number of amides is 2. The molecule has 0 bridgehead atoms. The van der Waals surface area contributed by atoms with E-state index in [1.807, 2.05) is 29.2 Å². The Labute approximate surface area is 183 Å². The highest BCUT2D eigenvalue weighted by molar-refractivity contribution is 6.46. The van der Waals surface area contributed by atoms with Crippen molar-refractivity contribution in [3.63, 3.8) is 0 Å². The van der Waals surface area contributed by atoms with Crippen molar-refractivity contribution in [3.05, 3.63) is 95.2 Å². The first-order valence-corrected chi connectivity index (χ1v) is 10.1. The summed E-state index contributed by atoms with van der Waals surface area (Å²) in [6.07, 6.45) is 0.714. The summed E-state index contributed by atoms with van der Waals surface area (Å²) in [5, 5.41) is 0. The van der Waals surface area contributed by atoms with E-state index in [2.05, 4.69) is 0 Å². The predicted molar refractivity (Wildman–Crippen MR) is 116 cm³/mol. The molecule has 0 atom stereocenters. The van der Waals surface area contributed by atoms with Crippen molar-refractivity contribution >= 4 is 28.8 Å². The van der Waals surface area contributed by atoms with Crippen molar-refractivity contribution in [2.45, 2.75) is 6.42 Å². The third kappa shape index (κ3) is 2.97. The largest absolute Gasteiger partial charge is 0.496 e. The molecule has 0 unspecified atom stereocenters. The van der Waals surface area contributed by atoms with E-state index in [0.717, 1.165) is 28.3 Å². The Morgan fingerprint density at radius 2 is 1.62 bits per heavy atom. The maximum Gasteiger partial charge on any atom is 0.282 e. The molecule has 5 nitrogen and oxygen atoms in total. The monoisotopic (exact) mass is 432 g/mol. The molecule has 0 N–H and O–H groups in total. The molecule has 0 aliphatic carbocycles. The SMILES string of the molecule is COc1ccccc1C1=C(N2CCc3ccccc32)C(=O)N(c2ccc(F)c(F)c2)C1=O. The molecule has 0 spiro atoms. The van der Waals surface area contributed by atoms with Crippen LogP contribution < -0.4 is 14.5 Å². The van der Waals surface area contributed by atoms with E-state index in [9.17, 15) is 18.4 Å². The van der Waals surface area contributed by atoms with Crippen LogP contribution in [0.5, 0.6) is 5.75 Å². The van der Waals surface area contributed by atoms with Gasteiger partial charge in [0.25, 0.3) is 11.8 Å². The van der Waals surface area contributed by atoms with Crippen molar-refractivity contribution in [2.24, 2.45) is 0 Å². The van der Waals surface area contributed by atoms with Crippen molar-refractivity contribution in [1.82, 2.24) is 0 Å². The van der Waals surface area contributed by atoms with Crippen LogP contribution in [0, 0.1) is 11.6 Å². The Morgan fingerprint density at radius 1 is 0.875 bits per heavy atom. The van der Waals surface area contributed by atoms with E-state index < -0.39 is 23.4 Å². The molecule has 0 saturated carbocycles. The van der Waals surface area contributed by atoms with Gasteiger partial charge in [0.1, 0.15) is 11.4 Å². The molecule has 0 fully saturated rings. The van der Waals surface area contributed by atoms with Crippen molar-refractivity contribution in [2.75, 3.05) is 23.5 Å². The molecule has 2 aliphatic rings. The molecule has 32 heavy (non-hydrogen) atoms. The van der Waals surface area contributed by atoms with Crippen LogP contribution in [0.1, 0.15) is 11.1 Å². The van der Waals surface area contributed by atoms with Gasteiger partial charge in [-0.3, -0.25) is 9.59 Å². The number of fused-ring (bicyclic) bond motifs is 1. The topological polar surface area (TPSA) is 49.9 Å². The Hall–Kier alpha value is -4.00. The van der Waals surface area contributed by atoms with Gasteiger partial charge in [0.05, 0.1) is 18.4 Å². The lowest BCUT2D eigenvalue weighted by Gasteiger charge is -2.22. The van der Waals surface area contributed by atoms with Crippen LogP contribution in [0.4, 0.5) is 20.2 Å². The minimum Gasteiger partial charge on any atom is -0.496 e. The van der Waals surface area contributed by atoms with Crippen LogP contribution in [-0.2, 0) is 16.0 Å².